The van der Waals surface area contributed by atoms with Crippen LogP contribution in [-0.4, -0.2) is 22.7 Å². The van der Waals surface area contributed by atoms with Crippen LogP contribution in [-0.2, 0) is 10.5 Å². The van der Waals surface area contributed by atoms with Crippen molar-refractivity contribution in [2.75, 3.05) is 16.4 Å². The Morgan fingerprint density at radius 3 is 2.33 bits per heavy atom. The van der Waals surface area contributed by atoms with Gasteiger partial charge >= 0.3 is 0 Å². The number of anilines is 2. The molecule has 0 heterocycles. The van der Waals surface area contributed by atoms with E-state index < -0.39 is 0 Å². The number of phenolic OH excluding ortho intramolecular Hbond substituents is 1. The summed E-state index contributed by atoms with van der Waals surface area (Å²) < 4.78 is 12.9. The normalized spacial score (nSPS) is 10.5. The average Bonchev–Trinajstić information content (AvgIpc) is 2.72. The Kier molecular flexibility index (Phi) is 7.08. The minimum Gasteiger partial charge on any atom is -0.506 e. The number of halogens is 1. The van der Waals surface area contributed by atoms with E-state index in [1.807, 2.05) is 25.1 Å². The van der Waals surface area contributed by atoms with E-state index in [0.717, 1.165) is 11.1 Å². The predicted molar refractivity (Wildman–Crippen MR) is 118 cm³/mol. The van der Waals surface area contributed by atoms with Gasteiger partial charge in [0.25, 0.3) is 5.91 Å². The van der Waals surface area contributed by atoms with Crippen LogP contribution in [0.5, 0.6) is 5.75 Å². The fourth-order valence-electron chi connectivity index (χ4n) is 2.69. The number of thioether (sulfide) groups is 1. The van der Waals surface area contributed by atoms with Crippen molar-refractivity contribution in [2.24, 2.45) is 0 Å². The molecule has 0 aliphatic heterocycles. The molecule has 0 bridgehead atoms. The summed E-state index contributed by atoms with van der Waals surface area (Å²) in [6.45, 7) is 1.86. The zero-order valence-corrected chi connectivity index (χ0v) is 17.1. The summed E-state index contributed by atoms with van der Waals surface area (Å²) >= 11 is 1.44. The van der Waals surface area contributed by atoms with Crippen LogP contribution in [0.1, 0.15) is 21.5 Å². The number of nitrogens with one attached hydrogen (secondary N) is 2. The van der Waals surface area contributed by atoms with Crippen molar-refractivity contribution in [1.29, 1.82) is 0 Å². The van der Waals surface area contributed by atoms with Gasteiger partial charge < -0.3 is 15.7 Å². The molecule has 7 heteroatoms. The zero-order valence-electron chi connectivity index (χ0n) is 16.3. The van der Waals surface area contributed by atoms with Crippen molar-refractivity contribution in [3.8, 4) is 5.75 Å². The largest absolute Gasteiger partial charge is 0.506 e. The third-order valence-corrected chi connectivity index (χ3v) is 5.25. The molecule has 3 N–H and O–H groups in total. The second-order valence-corrected chi connectivity index (χ2v) is 7.71. The summed E-state index contributed by atoms with van der Waals surface area (Å²) in [5.74, 6) is 0.0575. The smallest absolute Gasteiger partial charge is 0.255 e. The molecule has 0 saturated heterocycles. The van der Waals surface area contributed by atoms with Gasteiger partial charge in [-0.2, -0.15) is 0 Å². The maximum absolute atomic E-state index is 12.9. The molecule has 5 nitrogen and oxygen atoms in total. The molecule has 0 unspecified atom stereocenters. The van der Waals surface area contributed by atoms with Gasteiger partial charge in [-0.3, -0.25) is 9.59 Å². The second-order valence-electron chi connectivity index (χ2n) is 6.72. The SMILES string of the molecule is Cc1ccc(NC(=O)c2ccc(CSCC(=O)Nc3ccc(F)cc3)cc2)c(O)c1. The van der Waals surface area contributed by atoms with Gasteiger partial charge in [0.05, 0.1) is 11.4 Å². The third-order valence-electron chi connectivity index (χ3n) is 4.25. The third kappa shape index (κ3) is 6.09. The van der Waals surface area contributed by atoms with E-state index in [0.29, 0.717) is 22.7 Å². The quantitative estimate of drug-likeness (QED) is 0.468. The Balaban J connectivity index is 1.47. The van der Waals surface area contributed by atoms with E-state index in [-0.39, 0.29) is 29.1 Å². The summed E-state index contributed by atoms with van der Waals surface area (Å²) in [5.41, 5.74) is 3.26. The Morgan fingerprint density at radius 2 is 1.67 bits per heavy atom. The van der Waals surface area contributed by atoms with Gasteiger partial charge in [0.15, 0.2) is 0 Å². The number of phenols is 1. The summed E-state index contributed by atoms with van der Waals surface area (Å²) in [7, 11) is 0. The van der Waals surface area contributed by atoms with Crippen LogP contribution >= 0.6 is 11.8 Å². The van der Waals surface area contributed by atoms with Crippen LogP contribution in [0.15, 0.2) is 66.7 Å². The highest BCUT2D eigenvalue weighted by molar-refractivity contribution is 7.99. The Hall–Kier alpha value is -3.32. The van der Waals surface area contributed by atoms with Crippen molar-refractivity contribution in [3.05, 3.63) is 89.2 Å². The van der Waals surface area contributed by atoms with Crippen LogP contribution in [0.3, 0.4) is 0 Å². The van der Waals surface area contributed by atoms with E-state index in [9.17, 15) is 19.1 Å². The van der Waals surface area contributed by atoms with Crippen molar-refractivity contribution < 1.29 is 19.1 Å². The zero-order chi connectivity index (χ0) is 21.5. The molecule has 3 rings (SSSR count). The van der Waals surface area contributed by atoms with Gasteiger partial charge in [-0.1, -0.05) is 18.2 Å². The lowest BCUT2D eigenvalue weighted by atomic mass is 10.1. The van der Waals surface area contributed by atoms with Crippen LogP contribution in [0.4, 0.5) is 15.8 Å². The lowest BCUT2D eigenvalue weighted by molar-refractivity contribution is -0.113. The number of aromatic hydroxyl groups is 1. The molecule has 2 amide bonds. The highest BCUT2D eigenvalue weighted by Crippen LogP contribution is 2.24. The number of hydrogen-bond donors (Lipinski definition) is 3. The fraction of sp³-hybridized carbons (Fsp3) is 0.130. The molecule has 0 fully saturated rings. The molecule has 0 atom stereocenters. The number of hydrogen-bond acceptors (Lipinski definition) is 4. The summed E-state index contributed by atoms with van der Waals surface area (Å²) in [6, 6.07) is 17.7. The van der Waals surface area contributed by atoms with Crippen LogP contribution in [0.25, 0.3) is 0 Å². The number of carbonyl (C=O) groups is 2. The van der Waals surface area contributed by atoms with E-state index >= 15 is 0 Å². The number of aryl methyl sites for hydroxylation is 1. The Morgan fingerprint density at radius 1 is 0.967 bits per heavy atom. The van der Waals surface area contributed by atoms with E-state index in [2.05, 4.69) is 10.6 Å². The molecular weight excluding hydrogens is 403 g/mol. The van der Waals surface area contributed by atoms with Crippen LogP contribution in [0.2, 0.25) is 0 Å². The summed E-state index contributed by atoms with van der Waals surface area (Å²) in [5, 5.41) is 15.3. The highest BCUT2D eigenvalue weighted by Gasteiger charge is 2.09. The minimum absolute atomic E-state index is 0.0234. The monoisotopic (exact) mass is 424 g/mol. The van der Waals surface area contributed by atoms with Gasteiger partial charge in [-0.25, -0.2) is 4.39 Å². The first-order valence-corrected chi connectivity index (χ1v) is 10.4. The van der Waals surface area contributed by atoms with Crippen LogP contribution in [0, 0.1) is 12.7 Å². The van der Waals surface area contributed by atoms with Crippen molar-refractivity contribution in [2.45, 2.75) is 12.7 Å². The highest BCUT2D eigenvalue weighted by atomic mass is 32.2. The molecule has 0 radical (unpaired) electrons. The summed E-state index contributed by atoms with van der Waals surface area (Å²) in [4.78, 5) is 24.3. The molecule has 30 heavy (non-hydrogen) atoms. The molecule has 0 spiro atoms. The predicted octanol–water partition coefficient (Wildman–Crippen LogP) is 4.96. The molecular formula is C23H21FN2O3S. The molecule has 154 valence electrons. The van der Waals surface area contributed by atoms with Gasteiger partial charge in [0.2, 0.25) is 5.91 Å². The standard InChI is InChI=1S/C23H21FN2O3S/c1-15-2-11-20(21(27)12-15)26-23(29)17-5-3-16(4-6-17)13-30-14-22(28)25-19-9-7-18(24)8-10-19/h2-12,27H,13-14H2,1H3,(H,25,28)(H,26,29). The van der Waals surface area contributed by atoms with Gasteiger partial charge in [0.1, 0.15) is 11.6 Å². The summed E-state index contributed by atoms with van der Waals surface area (Å²) in [6.07, 6.45) is 0. The average molecular weight is 424 g/mol. The molecule has 0 aliphatic carbocycles. The Labute approximate surface area is 178 Å². The lowest BCUT2D eigenvalue weighted by Gasteiger charge is -2.09. The first kappa shape index (κ1) is 21.4. The Bertz CT molecular complexity index is 1040. The fourth-order valence-corrected chi connectivity index (χ4v) is 3.47. The van der Waals surface area contributed by atoms with Crippen molar-refractivity contribution in [1.82, 2.24) is 0 Å². The van der Waals surface area contributed by atoms with Crippen LogP contribution < -0.4 is 10.6 Å². The maximum Gasteiger partial charge on any atom is 0.255 e. The van der Waals surface area contributed by atoms with Gasteiger partial charge in [0, 0.05) is 17.0 Å². The van der Waals surface area contributed by atoms with Crippen molar-refractivity contribution in [3.63, 3.8) is 0 Å². The first-order valence-electron chi connectivity index (χ1n) is 9.24. The van der Waals surface area contributed by atoms with E-state index in [4.69, 9.17) is 0 Å². The molecule has 0 aliphatic rings. The number of carbonyl (C=O) groups excluding carboxylic acids is 2. The van der Waals surface area contributed by atoms with Gasteiger partial charge in [-0.15, -0.1) is 11.8 Å². The second kappa shape index (κ2) is 9.93. The van der Waals surface area contributed by atoms with E-state index in [1.165, 1.54) is 36.0 Å². The number of benzene rings is 3. The van der Waals surface area contributed by atoms with E-state index in [1.54, 1.807) is 24.3 Å². The topological polar surface area (TPSA) is 78.4 Å². The molecule has 3 aromatic carbocycles. The lowest BCUT2D eigenvalue weighted by Crippen LogP contribution is -2.14. The van der Waals surface area contributed by atoms with Gasteiger partial charge in [-0.05, 0) is 66.6 Å². The molecule has 3 aromatic rings. The number of rotatable bonds is 7. The first-order chi connectivity index (χ1) is 14.4. The molecule has 0 saturated carbocycles. The maximum atomic E-state index is 12.9. The minimum atomic E-state index is -0.352. The number of amides is 2. The molecule has 0 aromatic heterocycles. The van der Waals surface area contributed by atoms with Crippen molar-refractivity contribution >= 4 is 35.0 Å².